The molecule has 0 amide bonds. The predicted molar refractivity (Wildman–Crippen MR) is 36.5 cm³/mol. The summed E-state index contributed by atoms with van der Waals surface area (Å²) in [6.45, 7) is 3.68. The normalized spacial score (nSPS) is 14.5. The molecule has 0 aliphatic heterocycles. The van der Waals surface area contributed by atoms with E-state index in [2.05, 4.69) is 38.8 Å². The van der Waals surface area contributed by atoms with Crippen molar-refractivity contribution in [2.45, 2.75) is 11.2 Å². The highest BCUT2D eigenvalue weighted by atomic mass is 79.9. The average Bonchev–Trinajstić information content (AvgIpc) is 1.65. The van der Waals surface area contributed by atoms with Gasteiger partial charge < -0.3 is 0 Å². The van der Waals surface area contributed by atoms with E-state index in [1.807, 2.05) is 0 Å². The summed E-state index contributed by atoms with van der Waals surface area (Å²) in [6.07, 6.45) is 0.950. The summed E-state index contributed by atoms with van der Waals surface area (Å²) in [6, 6.07) is 0. The molecule has 0 aromatic carbocycles. The zero-order valence-electron chi connectivity index (χ0n) is 3.45. The molecule has 0 aliphatic rings. The first-order chi connectivity index (χ1) is 2.81. The Morgan fingerprint density at radius 1 is 1.67 bits per heavy atom. The largest absolute Gasteiger partial charge is 0.0916 e. The van der Waals surface area contributed by atoms with Crippen LogP contribution in [0, 0.1) is 6.92 Å². The molecule has 0 rings (SSSR count). The molecule has 0 fully saturated rings. The van der Waals surface area contributed by atoms with Crippen molar-refractivity contribution in [2.75, 3.05) is 5.33 Å². The van der Waals surface area contributed by atoms with Gasteiger partial charge in [-0.25, -0.2) is 0 Å². The fourth-order valence-corrected chi connectivity index (χ4v) is 0.401. The van der Waals surface area contributed by atoms with Crippen molar-refractivity contribution in [3.63, 3.8) is 0 Å². The quantitative estimate of drug-likeness (QED) is 0.620. The van der Waals surface area contributed by atoms with Gasteiger partial charge in [0.15, 0.2) is 0 Å². The Morgan fingerprint density at radius 3 is 2.17 bits per heavy atom. The zero-order valence-corrected chi connectivity index (χ0v) is 6.63. The predicted octanol–water partition coefficient (Wildman–Crippen LogP) is 2.37. The van der Waals surface area contributed by atoms with Crippen LogP contribution in [-0.4, -0.2) is 10.2 Å². The third-order valence-electron chi connectivity index (χ3n) is 0.481. The van der Waals surface area contributed by atoms with E-state index in [0.717, 1.165) is 11.8 Å². The van der Waals surface area contributed by atoms with Gasteiger partial charge in [-0.3, -0.25) is 0 Å². The molecule has 0 N–H and O–H groups in total. The molecule has 1 radical (unpaired) electrons. The average molecular weight is 215 g/mol. The van der Waals surface area contributed by atoms with Crippen LogP contribution in [0.15, 0.2) is 0 Å². The Morgan fingerprint density at radius 2 is 2.17 bits per heavy atom. The monoisotopic (exact) mass is 213 g/mol. The van der Waals surface area contributed by atoms with Crippen molar-refractivity contribution < 1.29 is 0 Å². The van der Waals surface area contributed by atoms with E-state index in [9.17, 15) is 0 Å². The summed E-state index contributed by atoms with van der Waals surface area (Å²) >= 11 is 6.65. The fourth-order valence-electron chi connectivity index (χ4n) is 0.0772. The Kier molecular flexibility index (Phi) is 4.79. The molecule has 1 atom stereocenters. The SMILES string of the molecule is [CH2]CC(Br)CBr. The Balaban J connectivity index is 2.75. The van der Waals surface area contributed by atoms with Crippen LogP contribution in [0.1, 0.15) is 6.42 Å². The number of hydrogen-bond donors (Lipinski definition) is 0. The molecule has 6 heavy (non-hydrogen) atoms. The van der Waals surface area contributed by atoms with Crippen LogP contribution >= 0.6 is 31.9 Å². The summed E-state index contributed by atoms with van der Waals surface area (Å²) in [5.41, 5.74) is 0. The molecular formula is C4H7Br2. The second-order valence-corrected chi connectivity index (χ2v) is 2.98. The number of hydrogen-bond acceptors (Lipinski definition) is 0. The minimum atomic E-state index is 0.553. The standard InChI is InChI=1S/C4H7Br2/c1-2-4(6)3-5/h4H,1-3H2. The minimum absolute atomic E-state index is 0.553. The van der Waals surface area contributed by atoms with E-state index in [1.165, 1.54) is 0 Å². The van der Waals surface area contributed by atoms with Crippen LogP contribution in [0.3, 0.4) is 0 Å². The van der Waals surface area contributed by atoms with Crippen molar-refractivity contribution in [1.82, 2.24) is 0 Å². The summed E-state index contributed by atoms with van der Waals surface area (Å²) in [5.74, 6) is 0. The number of halogens is 2. The van der Waals surface area contributed by atoms with Crippen LogP contribution < -0.4 is 0 Å². The lowest BCUT2D eigenvalue weighted by Gasteiger charge is -1.94. The van der Waals surface area contributed by atoms with E-state index in [4.69, 9.17) is 0 Å². The van der Waals surface area contributed by atoms with E-state index >= 15 is 0 Å². The van der Waals surface area contributed by atoms with Gasteiger partial charge in [0.2, 0.25) is 0 Å². The first kappa shape index (κ1) is 6.96. The first-order valence-corrected chi connectivity index (χ1v) is 3.84. The van der Waals surface area contributed by atoms with E-state index < -0.39 is 0 Å². The van der Waals surface area contributed by atoms with Gasteiger partial charge in [-0.2, -0.15) is 0 Å². The molecule has 0 aliphatic carbocycles. The topological polar surface area (TPSA) is 0 Å². The van der Waals surface area contributed by atoms with E-state index in [1.54, 1.807) is 0 Å². The molecule has 0 saturated carbocycles. The Labute approximate surface area is 55.6 Å². The lowest BCUT2D eigenvalue weighted by Crippen LogP contribution is -1.93. The van der Waals surface area contributed by atoms with Crippen molar-refractivity contribution in [2.24, 2.45) is 0 Å². The highest BCUT2D eigenvalue weighted by Gasteiger charge is 1.92. The summed E-state index contributed by atoms with van der Waals surface area (Å²) in [5, 5.41) is 0.997. The zero-order chi connectivity index (χ0) is 4.99. The number of alkyl halides is 2. The van der Waals surface area contributed by atoms with E-state index in [-0.39, 0.29) is 0 Å². The third-order valence-corrected chi connectivity index (χ3v) is 2.91. The van der Waals surface area contributed by atoms with Gasteiger partial charge in [0.25, 0.3) is 0 Å². The highest BCUT2D eigenvalue weighted by Crippen LogP contribution is 2.05. The van der Waals surface area contributed by atoms with Gasteiger partial charge in [0, 0.05) is 10.2 Å². The minimum Gasteiger partial charge on any atom is -0.0916 e. The van der Waals surface area contributed by atoms with Crippen molar-refractivity contribution in [3.8, 4) is 0 Å². The second-order valence-electron chi connectivity index (χ2n) is 1.04. The van der Waals surface area contributed by atoms with Crippen LogP contribution in [0.5, 0.6) is 0 Å². The Bertz CT molecular complexity index is 24.7. The molecule has 0 saturated heterocycles. The van der Waals surface area contributed by atoms with Gasteiger partial charge in [0.1, 0.15) is 0 Å². The van der Waals surface area contributed by atoms with Crippen LogP contribution in [0.2, 0.25) is 0 Å². The molecule has 2 heteroatoms. The van der Waals surface area contributed by atoms with Crippen LogP contribution in [-0.2, 0) is 0 Å². The van der Waals surface area contributed by atoms with Crippen molar-refractivity contribution >= 4 is 31.9 Å². The maximum atomic E-state index is 3.68. The molecule has 0 aromatic heterocycles. The summed E-state index contributed by atoms with van der Waals surface area (Å²) in [7, 11) is 0. The first-order valence-electron chi connectivity index (χ1n) is 1.80. The van der Waals surface area contributed by atoms with E-state index in [0.29, 0.717) is 4.83 Å². The Hall–Kier alpha value is 0.960. The lowest BCUT2D eigenvalue weighted by molar-refractivity contribution is 1.02. The molecular weight excluding hydrogens is 208 g/mol. The van der Waals surface area contributed by atoms with Gasteiger partial charge in [-0.05, 0) is 6.42 Å². The second kappa shape index (κ2) is 4.13. The molecule has 0 spiro atoms. The molecule has 0 nitrogen and oxygen atoms in total. The lowest BCUT2D eigenvalue weighted by atomic mass is 10.4. The van der Waals surface area contributed by atoms with Gasteiger partial charge in [-0.15, -0.1) is 0 Å². The fraction of sp³-hybridized carbons (Fsp3) is 0.750. The van der Waals surface area contributed by atoms with Gasteiger partial charge in [-0.1, -0.05) is 38.8 Å². The van der Waals surface area contributed by atoms with Gasteiger partial charge >= 0.3 is 0 Å². The highest BCUT2D eigenvalue weighted by molar-refractivity contribution is 9.12. The number of rotatable bonds is 2. The van der Waals surface area contributed by atoms with Crippen molar-refractivity contribution in [3.05, 3.63) is 6.92 Å². The maximum Gasteiger partial charge on any atom is 0.0242 e. The van der Waals surface area contributed by atoms with Gasteiger partial charge in [0.05, 0.1) is 0 Å². The van der Waals surface area contributed by atoms with Crippen LogP contribution in [0.25, 0.3) is 0 Å². The molecule has 0 bridgehead atoms. The maximum absolute atomic E-state index is 3.68. The molecule has 1 unspecified atom stereocenters. The molecule has 0 aromatic rings. The smallest absolute Gasteiger partial charge is 0.0242 e. The van der Waals surface area contributed by atoms with Crippen molar-refractivity contribution in [1.29, 1.82) is 0 Å². The third kappa shape index (κ3) is 3.16. The molecule has 0 heterocycles. The summed E-state index contributed by atoms with van der Waals surface area (Å²) in [4.78, 5) is 0.553. The molecule has 37 valence electrons. The summed E-state index contributed by atoms with van der Waals surface area (Å²) < 4.78 is 0. The van der Waals surface area contributed by atoms with Crippen LogP contribution in [0.4, 0.5) is 0 Å².